The molecule has 0 aromatic rings. The van der Waals surface area contributed by atoms with Gasteiger partial charge >= 0.3 is 0 Å². The van der Waals surface area contributed by atoms with E-state index < -0.39 is 27.4 Å². The minimum atomic E-state index is -3.37. The predicted molar refractivity (Wildman–Crippen MR) is 129 cm³/mol. The molecule has 0 aromatic heterocycles. The highest BCUT2D eigenvalue weighted by molar-refractivity contribution is 7.99. The number of hydrogen-bond acceptors (Lipinski definition) is 5. The molecular weight excluding hydrogens is 404 g/mol. The fraction of sp³-hybridized carbons (Fsp3) is 0.636. The number of allylic oxidation sites excluding steroid dienone is 5. The lowest BCUT2D eigenvalue weighted by Gasteiger charge is -2.11. The molecule has 0 aliphatic rings. The Labute approximate surface area is 181 Å². The van der Waals surface area contributed by atoms with E-state index in [1.54, 1.807) is 18.7 Å². The molecule has 5 nitrogen and oxygen atoms in total. The van der Waals surface area contributed by atoms with Gasteiger partial charge in [0.1, 0.15) is 11.8 Å². The third kappa shape index (κ3) is 17.2. The Bertz CT molecular complexity index is 740. The van der Waals surface area contributed by atoms with E-state index >= 15 is 0 Å². The molecule has 0 aliphatic heterocycles. The molecule has 0 radical (unpaired) electrons. The van der Waals surface area contributed by atoms with Gasteiger partial charge < -0.3 is 5.73 Å². The maximum atomic E-state index is 12.2. The second-order valence-corrected chi connectivity index (χ2v) is 11.0. The van der Waals surface area contributed by atoms with E-state index in [9.17, 15) is 13.2 Å². The van der Waals surface area contributed by atoms with Crippen LogP contribution in [0.1, 0.15) is 60.3 Å². The second kappa shape index (κ2) is 14.6. The summed E-state index contributed by atoms with van der Waals surface area (Å²) in [6, 6.07) is -0.708. The molecule has 2 N–H and O–H groups in total. The highest BCUT2D eigenvalue weighted by Gasteiger charge is 2.21. The lowest BCUT2D eigenvalue weighted by Crippen LogP contribution is -2.30. The zero-order chi connectivity index (χ0) is 22.4. The van der Waals surface area contributed by atoms with Crippen LogP contribution < -0.4 is 5.73 Å². The summed E-state index contributed by atoms with van der Waals surface area (Å²) in [7, 11) is -3.37. The van der Waals surface area contributed by atoms with Crippen molar-refractivity contribution in [1.82, 2.24) is 0 Å². The molecule has 0 rings (SSSR count). The number of amidine groups is 1. The molecule has 0 amide bonds. The number of thioether (sulfide) groups is 1. The van der Waals surface area contributed by atoms with Crippen LogP contribution in [0.5, 0.6) is 0 Å². The van der Waals surface area contributed by atoms with Crippen molar-refractivity contribution >= 4 is 33.2 Å². The zero-order valence-electron chi connectivity index (χ0n) is 18.8. The van der Waals surface area contributed by atoms with Crippen molar-refractivity contribution < 1.29 is 13.2 Å². The largest absolute Gasteiger partial charge is 0.388 e. The molecule has 1 atom stereocenters. The van der Waals surface area contributed by atoms with Crippen molar-refractivity contribution in [2.24, 2.45) is 10.7 Å². The molecule has 0 heterocycles. The first-order valence-electron chi connectivity index (χ1n) is 9.93. The number of hydrogen-bond donors (Lipinski definition) is 1. The van der Waals surface area contributed by atoms with E-state index in [1.165, 1.54) is 16.7 Å². The van der Waals surface area contributed by atoms with Crippen molar-refractivity contribution in [3.8, 4) is 0 Å². The number of rotatable bonds is 14. The fourth-order valence-electron chi connectivity index (χ4n) is 2.52. The quantitative estimate of drug-likeness (QED) is 0.185. The molecule has 0 saturated heterocycles. The van der Waals surface area contributed by atoms with Gasteiger partial charge in [0.2, 0.25) is 0 Å². The van der Waals surface area contributed by atoms with Gasteiger partial charge in [-0.05, 0) is 60.3 Å². The Morgan fingerprint density at radius 2 is 1.55 bits per heavy atom. The molecule has 0 fully saturated rings. The first-order valence-corrected chi connectivity index (χ1v) is 13.1. The lowest BCUT2D eigenvalue weighted by atomic mass is 10.1. The van der Waals surface area contributed by atoms with Crippen molar-refractivity contribution in [3.05, 3.63) is 34.9 Å². The summed E-state index contributed by atoms with van der Waals surface area (Å²) < 4.78 is 22.7. The highest BCUT2D eigenvalue weighted by Crippen LogP contribution is 2.14. The average Bonchev–Trinajstić information content (AvgIpc) is 2.55. The summed E-state index contributed by atoms with van der Waals surface area (Å²) in [5, 5.41) is 0. The number of aliphatic imine (C=N–C) groups is 1. The van der Waals surface area contributed by atoms with Crippen LogP contribution in [-0.2, 0) is 14.6 Å². The van der Waals surface area contributed by atoms with Crippen LogP contribution in [0.3, 0.4) is 0 Å². The van der Waals surface area contributed by atoms with Crippen LogP contribution in [0.15, 0.2) is 39.9 Å². The summed E-state index contributed by atoms with van der Waals surface area (Å²) in [5.41, 5.74) is 9.68. The van der Waals surface area contributed by atoms with Gasteiger partial charge in [-0.2, -0.15) is 11.8 Å². The number of nitrogens with zero attached hydrogens (tertiary/aromatic N) is 1. The van der Waals surface area contributed by atoms with Crippen LogP contribution in [0.4, 0.5) is 0 Å². The minimum Gasteiger partial charge on any atom is -0.388 e. The van der Waals surface area contributed by atoms with E-state index in [0.29, 0.717) is 5.75 Å². The molecule has 166 valence electrons. The molecule has 0 aliphatic carbocycles. The van der Waals surface area contributed by atoms with Gasteiger partial charge in [-0.1, -0.05) is 34.9 Å². The summed E-state index contributed by atoms with van der Waals surface area (Å²) >= 11 is 1.56. The number of carbonyl (C=O) groups is 1. The van der Waals surface area contributed by atoms with E-state index in [4.69, 9.17) is 5.73 Å². The molecule has 0 saturated carbocycles. The Kier molecular flexibility index (Phi) is 13.9. The summed E-state index contributed by atoms with van der Waals surface area (Å²) in [6.07, 6.45) is 12.0. The van der Waals surface area contributed by atoms with Crippen LogP contribution in [0.25, 0.3) is 0 Å². The van der Waals surface area contributed by atoms with Gasteiger partial charge in [-0.3, -0.25) is 9.79 Å². The maximum Gasteiger partial charge on any atom is 0.173 e. The van der Waals surface area contributed by atoms with Crippen LogP contribution >= 0.6 is 11.8 Å². The third-order valence-electron chi connectivity index (χ3n) is 4.08. The highest BCUT2D eigenvalue weighted by atomic mass is 32.2. The third-order valence-corrected chi connectivity index (χ3v) is 5.85. The van der Waals surface area contributed by atoms with Gasteiger partial charge in [-0.15, -0.1) is 0 Å². The monoisotopic (exact) mass is 442 g/mol. The minimum absolute atomic E-state index is 0.288. The molecule has 1 unspecified atom stereocenters. The number of carbonyl (C=O) groups excluding carboxylic acids is 1. The SMILES string of the molecule is CC(C)=CCCC(C)=CCCC(C)=CCSCC(N=C(C)N)C(=O)CS(C)(=O)=O. The maximum absolute atomic E-state index is 12.2. The lowest BCUT2D eigenvalue weighted by molar-refractivity contribution is -0.117. The van der Waals surface area contributed by atoms with Crippen LogP contribution in [0, 0.1) is 0 Å². The standard InChI is InChI=1S/C22H38N2O3S2/c1-17(2)9-7-10-18(3)11-8-12-19(4)13-14-28-15-21(24-20(5)23)22(25)16-29(6,26)27/h9,11,13,21H,7-8,10,12,14-16H2,1-6H3,(H2,23,24). The second-order valence-electron chi connectivity index (χ2n) is 7.82. The first-order chi connectivity index (χ1) is 13.4. The summed E-state index contributed by atoms with van der Waals surface area (Å²) in [5.74, 6) is 0.575. The van der Waals surface area contributed by atoms with E-state index in [0.717, 1.165) is 37.7 Å². The van der Waals surface area contributed by atoms with Crippen molar-refractivity contribution in [2.75, 3.05) is 23.5 Å². The molecule has 0 spiro atoms. The number of ketones is 1. The van der Waals surface area contributed by atoms with Gasteiger partial charge in [0.25, 0.3) is 0 Å². The van der Waals surface area contributed by atoms with Gasteiger partial charge in [0.05, 0.1) is 5.84 Å². The van der Waals surface area contributed by atoms with E-state index in [-0.39, 0.29) is 5.84 Å². The van der Waals surface area contributed by atoms with Crippen LogP contribution in [-0.4, -0.2) is 49.6 Å². The van der Waals surface area contributed by atoms with E-state index in [2.05, 4.69) is 50.9 Å². The van der Waals surface area contributed by atoms with Crippen molar-refractivity contribution in [2.45, 2.75) is 66.3 Å². The summed E-state index contributed by atoms with van der Waals surface area (Å²) in [4.78, 5) is 16.3. The molecule has 0 bridgehead atoms. The van der Waals surface area contributed by atoms with Gasteiger partial charge in [0, 0.05) is 17.8 Å². The van der Waals surface area contributed by atoms with E-state index in [1.807, 2.05) is 0 Å². The molecule has 7 heteroatoms. The van der Waals surface area contributed by atoms with Gasteiger partial charge in [-0.25, -0.2) is 8.42 Å². The normalized spacial score (nSPS) is 14.6. The first kappa shape index (κ1) is 27.7. The van der Waals surface area contributed by atoms with Crippen molar-refractivity contribution in [3.63, 3.8) is 0 Å². The number of sulfone groups is 1. The Morgan fingerprint density at radius 3 is 2.07 bits per heavy atom. The fourth-order valence-corrected chi connectivity index (χ4v) is 4.25. The average molecular weight is 443 g/mol. The Balaban J connectivity index is 4.44. The zero-order valence-corrected chi connectivity index (χ0v) is 20.5. The molecular formula is C22H38N2O3S2. The number of Topliss-reactive ketones (excluding diaryl/α,β-unsaturated/α-hetero) is 1. The molecule has 29 heavy (non-hydrogen) atoms. The number of nitrogens with two attached hydrogens (primary N) is 1. The smallest absolute Gasteiger partial charge is 0.173 e. The van der Waals surface area contributed by atoms with Crippen molar-refractivity contribution in [1.29, 1.82) is 0 Å². The molecule has 0 aromatic carbocycles. The van der Waals surface area contributed by atoms with Gasteiger partial charge in [0.15, 0.2) is 15.6 Å². The Morgan fingerprint density at radius 1 is 1.00 bits per heavy atom. The Hall–Kier alpha value is -1.34. The predicted octanol–water partition coefficient (Wildman–Crippen LogP) is 4.50. The van der Waals surface area contributed by atoms with Crippen LogP contribution in [0.2, 0.25) is 0 Å². The summed E-state index contributed by atoms with van der Waals surface area (Å²) in [6.45, 7) is 10.1. The topological polar surface area (TPSA) is 89.6 Å².